The van der Waals surface area contributed by atoms with Crippen molar-refractivity contribution in [1.29, 1.82) is 0 Å². The second kappa shape index (κ2) is 6.29. The average Bonchev–Trinajstić information content (AvgIpc) is 2.39. The standard InChI is InChI=1S/C14H19BrF2N2/c1-3-19-7-6-18(8-10(19)2)9-11-13(16)5-4-12(15)14(11)17/h4-5,10H,3,6-9H2,1-2H3. The van der Waals surface area contributed by atoms with Crippen molar-refractivity contribution >= 4 is 15.9 Å². The van der Waals surface area contributed by atoms with Gasteiger partial charge >= 0.3 is 0 Å². The summed E-state index contributed by atoms with van der Waals surface area (Å²) in [6, 6.07) is 3.15. The van der Waals surface area contributed by atoms with Crippen LogP contribution in [-0.4, -0.2) is 42.0 Å². The molecule has 1 aliphatic rings. The van der Waals surface area contributed by atoms with Crippen molar-refractivity contribution in [2.45, 2.75) is 26.4 Å². The quantitative estimate of drug-likeness (QED) is 0.784. The third-order valence-electron chi connectivity index (χ3n) is 3.78. The van der Waals surface area contributed by atoms with E-state index < -0.39 is 11.6 Å². The molecule has 0 radical (unpaired) electrons. The molecule has 5 heteroatoms. The smallest absolute Gasteiger partial charge is 0.144 e. The van der Waals surface area contributed by atoms with Crippen molar-refractivity contribution in [3.8, 4) is 0 Å². The number of piperazine rings is 1. The largest absolute Gasteiger partial charge is 0.298 e. The van der Waals surface area contributed by atoms with Gasteiger partial charge in [0.1, 0.15) is 11.6 Å². The molecule has 0 spiro atoms. The Hall–Kier alpha value is -0.520. The Morgan fingerprint density at radius 1 is 1.32 bits per heavy atom. The van der Waals surface area contributed by atoms with Crippen molar-refractivity contribution < 1.29 is 8.78 Å². The summed E-state index contributed by atoms with van der Waals surface area (Å²) in [7, 11) is 0. The lowest BCUT2D eigenvalue weighted by molar-refractivity contribution is 0.0819. The molecule has 1 aliphatic heterocycles. The molecule has 1 saturated heterocycles. The molecular weight excluding hydrogens is 314 g/mol. The molecular formula is C14H19BrF2N2. The first-order valence-electron chi connectivity index (χ1n) is 6.61. The summed E-state index contributed by atoms with van der Waals surface area (Å²) in [4.78, 5) is 4.49. The van der Waals surface area contributed by atoms with Crippen molar-refractivity contribution in [2.75, 3.05) is 26.2 Å². The summed E-state index contributed by atoms with van der Waals surface area (Å²) in [5.74, 6) is -0.947. The minimum absolute atomic E-state index is 0.159. The highest BCUT2D eigenvalue weighted by Crippen LogP contribution is 2.23. The van der Waals surface area contributed by atoms with Gasteiger partial charge in [-0.15, -0.1) is 0 Å². The lowest BCUT2D eigenvalue weighted by Gasteiger charge is -2.39. The van der Waals surface area contributed by atoms with E-state index in [9.17, 15) is 8.78 Å². The third kappa shape index (κ3) is 3.33. The first-order valence-corrected chi connectivity index (χ1v) is 7.41. The van der Waals surface area contributed by atoms with Crippen molar-refractivity contribution in [3.05, 3.63) is 33.8 Å². The molecule has 1 atom stereocenters. The predicted octanol–water partition coefficient (Wildman–Crippen LogP) is 3.25. The molecule has 0 aliphatic carbocycles. The number of nitrogens with zero attached hydrogens (tertiary/aromatic N) is 2. The summed E-state index contributed by atoms with van der Waals surface area (Å²) in [5.41, 5.74) is 0.159. The van der Waals surface area contributed by atoms with Crippen LogP contribution in [-0.2, 0) is 6.54 Å². The molecule has 0 bridgehead atoms. The first-order chi connectivity index (χ1) is 9.02. The monoisotopic (exact) mass is 332 g/mol. The normalized spacial score (nSPS) is 21.8. The van der Waals surface area contributed by atoms with Gasteiger partial charge in [0.15, 0.2) is 0 Å². The number of hydrogen-bond acceptors (Lipinski definition) is 2. The lowest BCUT2D eigenvalue weighted by Crippen LogP contribution is -2.51. The van der Waals surface area contributed by atoms with Gasteiger partial charge in [-0.25, -0.2) is 8.78 Å². The maximum absolute atomic E-state index is 13.9. The number of halogens is 3. The second-order valence-corrected chi connectivity index (χ2v) is 5.89. The fourth-order valence-electron chi connectivity index (χ4n) is 2.62. The van der Waals surface area contributed by atoms with Crippen molar-refractivity contribution in [3.63, 3.8) is 0 Å². The molecule has 106 valence electrons. The van der Waals surface area contributed by atoms with Gasteiger partial charge in [-0.05, 0) is 41.5 Å². The molecule has 1 aromatic rings. The van der Waals surface area contributed by atoms with Crippen molar-refractivity contribution in [2.24, 2.45) is 0 Å². The molecule has 0 N–H and O–H groups in total. The molecule has 1 heterocycles. The summed E-state index contributed by atoms with van der Waals surface area (Å²) in [6.07, 6.45) is 0. The van der Waals surface area contributed by atoms with E-state index in [-0.39, 0.29) is 5.56 Å². The zero-order chi connectivity index (χ0) is 14.0. The van der Waals surface area contributed by atoms with Crippen LogP contribution in [0.5, 0.6) is 0 Å². The van der Waals surface area contributed by atoms with Gasteiger partial charge in [-0.1, -0.05) is 6.92 Å². The summed E-state index contributed by atoms with van der Waals surface area (Å²) < 4.78 is 28.0. The number of rotatable bonds is 3. The Bertz CT molecular complexity index is 453. The number of benzene rings is 1. The van der Waals surface area contributed by atoms with E-state index in [1.54, 1.807) is 0 Å². The molecule has 2 rings (SSSR count). The zero-order valence-electron chi connectivity index (χ0n) is 11.3. The molecule has 1 fully saturated rings. The van der Waals surface area contributed by atoms with Gasteiger partial charge in [0.05, 0.1) is 4.47 Å². The fraction of sp³-hybridized carbons (Fsp3) is 0.571. The van der Waals surface area contributed by atoms with Crippen molar-refractivity contribution in [1.82, 2.24) is 9.80 Å². The molecule has 0 saturated carbocycles. The maximum atomic E-state index is 13.9. The van der Waals surface area contributed by atoms with Crippen LogP contribution < -0.4 is 0 Å². The minimum Gasteiger partial charge on any atom is -0.298 e. The molecule has 2 nitrogen and oxygen atoms in total. The fourth-order valence-corrected chi connectivity index (χ4v) is 2.99. The lowest BCUT2D eigenvalue weighted by atomic mass is 10.1. The highest BCUT2D eigenvalue weighted by atomic mass is 79.9. The van der Waals surface area contributed by atoms with Gasteiger partial charge in [0, 0.05) is 37.8 Å². The van der Waals surface area contributed by atoms with E-state index in [4.69, 9.17) is 0 Å². The Morgan fingerprint density at radius 2 is 2.05 bits per heavy atom. The zero-order valence-corrected chi connectivity index (χ0v) is 12.9. The average molecular weight is 333 g/mol. The van der Waals surface area contributed by atoms with E-state index in [0.29, 0.717) is 17.1 Å². The van der Waals surface area contributed by atoms with Gasteiger partial charge in [-0.2, -0.15) is 0 Å². The second-order valence-electron chi connectivity index (χ2n) is 5.03. The van der Waals surface area contributed by atoms with E-state index in [2.05, 4.69) is 39.6 Å². The van der Waals surface area contributed by atoms with Crippen LogP contribution in [0.4, 0.5) is 8.78 Å². The van der Waals surface area contributed by atoms with E-state index >= 15 is 0 Å². The number of likely N-dealkylation sites (N-methyl/N-ethyl adjacent to an activating group) is 1. The Labute approximate surface area is 121 Å². The van der Waals surface area contributed by atoms with Crippen LogP contribution in [0.2, 0.25) is 0 Å². The Kier molecular flexibility index (Phi) is 4.92. The summed E-state index contributed by atoms with van der Waals surface area (Å²) in [6.45, 7) is 8.30. The maximum Gasteiger partial charge on any atom is 0.144 e. The van der Waals surface area contributed by atoms with Gasteiger partial charge in [-0.3, -0.25) is 9.80 Å². The third-order valence-corrected chi connectivity index (χ3v) is 4.39. The van der Waals surface area contributed by atoms with Crippen LogP contribution in [0.15, 0.2) is 16.6 Å². The van der Waals surface area contributed by atoms with Gasteiger partial charge in [0.2, 0.25) is 0 Å². The minimum atomic E-state index is -0.481. The Morgan fingerprint density at radius 3 is 2.68 bits per heavy atom. The summed E-state index contributed by atoms with van der Waals surface area (Å²) >= 11 is 3.11. The molecule has 1 unspecified atom stereocenters. The van der Waals surface area contributed by atoms with Crippen LogP contribution in [0.1, 0.15) is 19.4 Å². The molecule has 0 amide bonds. The van der Waals surface area contributed by atoms with Crippen LogP contribution in [0.3, 0.4) is 0 Å². The molecule has 19 heavy (non-hydrogen) atoms. The SMILES string of the molecule is CCN1CCN(Cc2c(F)ccc(Br)c2F)CC1C. The van der Waals surface area contributed by atoms with E-state index in [1.807, 2.05) is 0 Å². The van der Waals surface area contributed by atoms with Crippen LogP contribution in [0, 0.1) is 11.6 Å². The highest BCUT2D eigenvalue weighted by molar-refractivity contribution is 9.10. The number of hydrogen-bond donors (Lipinski definition) is 0. The highest BCUT2D eigenvalue weighted by Gasteiger charge is 2.24. The van der Waals surface area contributed by atoms with E-state index in [1.165, 1.54) is 12.1 Å². The first kappa shape index (κ1) is 14.9. The van der Waals surface area contributed by atoms with Gasteiger partial charge < -0.3 is 0 Å². The van der Waals surface area contributed by atoms with E-state index in [0.717, 1.165) is 26.2 Å². The molecule has 1 aromatic carbocycles. The van der Waals surface area contributed by atoms with Crippen LogP contribution >= 0.6 is 15.9 Å². The summed E-state index contributed by atoms with van der Waals surface area (Å²) in [5, 5.41) is 0. The van der Waals surface area contributed by atoms with Gasteiger partial charge in [0.25, 0.3) is 0 Å². The topological polar surface area (TPSA) is 6.48 Å². The molecule has 0 aromatic heterocycles. The Balaban J connectivity index is 2.09. The predicted molar refractivity (Wildman–Crippen MR) is 76.0 cm³/mol. The van der Waals surface area contributed by atoms with Crippen LogP contribution in [0.25, 0.3) is 0 Å².